The monoisotopic (exact) mass is 289 g/mol. The number of anilines is 1. The zero-order valence-electron chi connectivity index (χ0n) is 10.3. The maximum atomic E-state index is 11.5. The highest BCUT2D eigenvalue weighted by Crippen LogP contribution is 2.28. The Morgan fingerprint density at radius 3 is 2.40 bits per heavy atom. The third kappa shape index (κ3) is 1.93. The van der Waals surface area contributed by atoms with E-state index in [4.69, 9.17) is 5.73 Å². The van der Waals surface area contributed by atoms with Crippen molar-refractivity contribution in [1.29, 1.82) is 0 Å². The van der Waals surface area contributed by atoms with E-state index in [0.717, 1.165) is 0 Å². The van der Waals surface area contributed by atoms with Gasteiger partial charge >= 0.3 is 10.1 Å². The van der Waals surface area contributed by atoms with Crippen molar-refractivity contribution in [2.75, 3.05) is 5.73 Å². The van der Waals surface area contributed by atoms with E-state index in [-0.39, 0.29) is 0 Å². The molecule has 3 aromatic rings. The minimum Gasteiger partial charge on any atom is -0.397 e. The number of nitrogens with two attached hydrogens (primary N) is 1. The maximum absolute atomic E-state index is 11.5. The fourth-order valence-electron chi connectivity index (χ4n) is 2.12. The topological polar surface area (TPSA) is 98.2 Å². The van der Waals surface area contributed by atoms with Gasteiger partial charge in [0.2, 0.25) is 0 Å². The molecule has 0 saturated carbocycles. The number of hydrogen-bond donors (Lipinski definition) is 2. The summed E-state index contributed by atoms with van der Waals surface area (Å²) in [6.45, 7) is 0. The first-order chi connectivity index (χ1) is 9.48. The van der Waals surface area contributed by atoms with Crippen molar-refractivity contribution in [2.45, 2.75) is 5.16 Å². The van der Waals surface area contributed by atoms with Crippen LogP contribution in [-0.2, 0) is 10.1 Å². The fourth-order valence-corrected chi connectivity index (χ4v) is 2.76. The molecule has 3 rings (SSSR count). The van der Waals surface area contributed by atoms with Crippen LogP contribution in [0.3, 0.4) is 0 Å². The highest BCUT2D eigenvalue weighted by Gasteiger charge is 2.23. The summed E-state index contributed by atoms with van der Waals surface area (Å²) in [6.07, 6.45) is 0. The minimum atomic E-state index is -4.46. The Bertz CT molecular complexity index is 886. The number of rotatable bonds is 2. The molecule has 0 aliphatic heterocycles. The lowest BCUT2D eigenvalue weighted by atomic mass is 10.2. The number of aromatic nitrogens is 2. The molecule has 0 atom stereocenters. The molecule has 102 valence electrons. The summed E-state index contributed by atoms with van der Waals surface area (Å²) >= 11 is 0. The molecule has 0 amide bonds. The van der Waals surface area contributed by atoms with Gasteiger partial charge in [0.25, 0.3) is 5.16 Å². The molecule has 1 aromatic heterocycles. The Balaban J connectivity index is 2.50. The van der Waals surface area contributed by atoms with Crippen LogP contribution in [-0.4, -0.2) is 22.5 Å². The summed E-state index contributed by atoms with van der Waals surface area (Å²) < 4.78 is 33.8. The lowest BCUT2D eigenvalue weighted by molar-refractivity contribution is 0.472. The van der Waals surface area contributed by atoms with Gasteiger partial charge in [-0.1, -0.05) is 24.3 Å². The Morgan fingerprint density at radius 2 is 1.75 bits per heavy atom. The Kier molecular flexibility index (Phi) is 2.73. The smallest absolute Gasteiger partial charge is 0.329 e. The molecule has 3 N–H and O–H groups in total. The van der Waals surface area contributed by atoms with Crippen LogP contribution < -0.4 is 5.73 Å². The summed E-state index contributed by atoms with van der Waals surface area (Å²) in [4.78, 5) is 3.97. The average Bonchev–Trinajstić information content (AvgIpc) is 2.80. The zero-order chi connectivity index (χ0) is 14.3. The lowest BCUT2D eigenvalue weighted by Crippen LogP contribution is -2.08. The van der Waals surface area contributed by atoms with Crippen LogP contribution >= 0.6 is 0 Å². The predicted octanol–water partition coefficient (Wildman–Crippen LogP) is 1.85. The molecule has 0 aliphatic rings. The largest absolute Gasteiger partial charge is 0.397 e. The van der Waals surface area contributed by atoms with Crippen molar-refractivity contribution in [2.24, 2.45) is 0 Å². The van der Waals surface area contributed by atoms with E-state index in [0.29, 0.717) is 22.4 Å². The van der Waals surface area contributed by atoms with Gasteiger partial charge in [0.1, 0.15) is 0 Å². The van der Waals surface area contributed by atoms with Crippen molar-refractivity contribution in [1.82, 2.24) is 9.55 Å². The number of fused-ring (bicyclic) bond motifs is 1. The summed E-state index contributed by atoms with van der Waals surface area (Å²) in [7, 11) is -4.46. The van der Waals surface area contributed by atoms with Crippen molar-refractivity contribution in [3.63, 3.8) is 0 Å². The van der Waals surface area contributed by atoms with Gasteiger partial charge in [0.15, 0.2) is 0 Å². The van der Waals surface area contributed by atoms with Crippen LogP contribution in [0.2, 0.25) is 0 Å². The van der Waals surface area contributed by atoms with Gasteiger partial charge in [-0.15, -0.1) is 0 Å². The fraction of sp³-hybridized carbons (Fsp3) is 0. The molecule has 0 spiro atoms. The maximum Gasteiger partial charge on any atom is 0.329 e. The molecule has 2 aromatic carbocycles. The molecular formula is C13H11N3O3S. The van der Waals surface area contributed by atoms with Gasteiger partial charge in [0.05, 0.1) is 16.7 Å². The lowest BCUT2D eigenvalue weighted by Gasteiger charge is -2.08. The molecule has 0 saturated heterocycles. The number of para-hydroxylation sites is 2. The molecule has 1 heterocycles. The van der Waals surface area contributed by atoms with Crippen LogP contribution in [0.1, 0.15) is 0 Å². The van der Waals surface area contributed by atoms with Gasteiger partial charge in [-0.3, -0.25) is 9.12 Å². The second-order valence-corrected chi connectivity index (χ2v) is 5.57. The van der Waals surface area contributed by atoms with Crippen molar-refractivity contribution in [3.8, 4) is 5.69 Å². The molecule has 7 heteroatoms. The Labute approximate surface area is 115 Å². The molecular weight excluding hydrogens is 278 g/mol. The van der Waals surface area contributed by atoms with Gasteiger partial charge in [-0.25, -0.2) is 4.98 Å². The van der Waals surface area contributed by atoms with Crippen LogP contribution in [0, 0.1) is 0 Å². The molecule has 0 unspecified atom stereocenters. The first-order valence-electron chi connectivity index (χ1n) is 5.78. The normalized spacial score (nSPS) is 11.8. The average molecular weight is 289 g/mol. The van der Waals surface area contributed by atoms with Crippen molar-refractivity contribution in [3.05, 3.63) is 48.5 Å². The van der Waals surface area contributed by atoms with Crippen LogP contribution in [0.4, 0.5) is 5.69 Å². The van der Waals surface area contributed by atoms with Gasteiger partial charge in [-0.2, -0.15) is 8.42 Å². The predicted molar refractivity (Wildman–Crippen MR) is 75.3 cm³/mol. The van der Waals surface area contributed by atoms with E-state index in [1.165, 1.54) is 4.57 Å². The highest BCUT2D eigenvalue weighted by atomic mass is 32.2. The quantitative estimate of drug-likeness (QED) is 0.554. The van der Waals surface area contributed by atoms with Gasteiger partial charge in [-0.05, 0) is 24.3 Å². The van der Waals surface area contributed by atoms with Crippen LogP contribution in [0.25, 0.3) is 16.7 Å². The second-order valence-electron chi connectivity index (χ2n) is 4.26. The minimum absolute atomic E-state index is 0.383. The first-order valence-corrected chi connectivity index (χ1v) is 7.22. The third-order valence-electron chi connectivity index (χ3n) is 2.92. The number of nitrogen functional groups attached to an aromatic ring is 1. The Morgan fingerprint density at radius 1 is 1.05 bits per heavy atom. The molecule has 20 heavy (non-hydrogen) atoms. The highest BCUT2D eigenvalue weighted by molar-refractivity contribution is 7.85. The summed E-state index contributed by atoms with van der Waals surface area (Å²) in [6, 6.07) is 13.7. The summed E-state index contributed by atoms with van der Waals surface area (Å²) in [5.74, 6) is 0. The number of nitrogens with zero attached hydrogens (tertiary/aromatic N) is 2. The van der Waals surface area contributed by atoms with Crippen LogP contribution in [0.5, 0.6) is 0 Å². The first kappa shape index (κ1) is 12.6. The number of imidazole rings is 1. The van der Waals surface area contributed by atoms with E-state index in [2.05, 4.69) is 4.98 Å². The molecule has 0 bridgehead atoms. The number of benzene rings is 2. The summed E-state index contributed by atoms with van der Waals surface area (Å²) in [5.41, 5.74) is 7.71. The molecule has 0 radical (unpaired) electrons. The SMILES string of the molecule is Nc1cccc2nc(S(=O)(=O)O)n(-c3ccccc3)c12. The zero-order valence-corrected chi connectivity index (χ0v) is 11.1. The van der Waals surface area contributed by atoms with E-state index < -0.39 is 15.3 Å². The van der Waals surface area contributed by atoms with E-state index >= 15 is 0 Å². The van der Waals surface area contributed by atoms with E-state index in [9.17, 15) is 13.0 Å². The third-order valence-corrected chi connectivity index (χ3v) is 3.66. The molecule has 6 nitrogen and oxygen atoms in total. The molecule has 0 fully saturated rings. The number of hydrogen-bond acceptors (Lipinski definition) is 4. The van der Waals surface area contributed by atoms with Crippen molar-refractivity contribution < 1.29 is 13.0 Å². The molecule has 0 aliphatic carbocycles. The summed E-state index contributed by atoms with van der Waals surface area (Å²) in [5, 5.41) is -0.448. The van der Waals surface area contributed by atoms with Gasteiger partial charge < -0.3 is 5.73 Å². The van der Waals surface area contributed by atoms with E-state index in [1.54, 1.807) is 48.5 Å². The standard InChI is InChI=1S/C13H11N3O3S/c14-10-7-4-8-11-12(10)16(9-5-2-1-3-6-9)13(15-11)20(17,18)19/h1-8H,14H2,(H,17,18,19). The second kappa shape index (κ2) is 4.32. The Hall–Kier alpha value is -2.38. The van der Waals surface area contributed by atoms with E-state index in [1.807, 2.05) is 0 Å². The van der Waals surface area contributed by atoms with Crippen LogP contribution in [0.15, 0.2) is 53.7 Å². The van der Waals surface area contributed by atoms with Gasteiger partial charge in [0, 0.05) is 5.69 Å². The van der Waals surface area contributed by atoms with Crippen molar-refractivity contribution >= 4 is 26.8 Å².